The number of aliphatic hydroxyl groups excluding tert-OH is 1. The number of nitrogens with one attached hydrogen (secondary N) is 1. The molecule has 0 saturated heterocycles. The molecule has 1 fully saturated rings. The fourth-order valence-corrected chi connectivity index (χ4v) is 2.66. The second kappa shape index (κ2) is 5.96. The predicted octanol–water partition coefficient (Wildman–Crippen LogP) is 2.24. The molecule has 2 unspecified atom stereocenters. The summed E-state index contributed by atoms with van der Waals surface area (Å²) < 4.78 is 5.21. The third-order valence-electron chi connectivity index (χ3n) is 3.77. The zero-order valence-electron chi connectivity index (χ0n) is 10.9. The van der Waals surface area contributed by atoms with Crippen molar-refractivity contribution in [2.75, 3.05) is 24.8 Å². The maximum Gasteiger partial charge on any atom is 0.143 e. The van der Waals surface area contributed by atoms with E-state index in [4.69, 9.17) is 10.5 Å². The van der Waals surface area contributed by atoms with E-state index in [2.05, 4.69) is 5.32 Å². The van der Waals surface area contributed by atoms with Crippen molar-refractivity contribution in [3.63, 3.8) is 0 Å². The standard InChI is InChI=1S/C14H22N2O2/c1-18-13-8-4-7-12(14(13)15)16-11-6-3-2-5-10(11)9-17/h4,7-8,10-11,16-17H,2-3,5-6,9,15H2,1H3. The average molecular weight is 250 g/mol. The summed E-state index contributed by atoms with van der Waals surface area (Å²) in [4.78, 5) is 0. The summed E-state index contributed by atoms with van der Waals surface area (Å²) in [5, 5.41) is 12.9. The van der Waals surface area contributed by atoms with Gasteiger partial charge in [0, 0.05) is 18.6 Å². The largest absolute Gasteiger partial charge is 0.495 e. The number of hydrogen-bond acceptors (Lipinski definition) is 4. The van der Waals surface area contributed by atoms with E-state index in [0.717, 1.165) is 18.5 Å². The number of methoxy groups -OCH3 is 1. The molecule has 1 aromatic carbocycles. The first-order valence-electron chi connectivity index (χ1n) is 6.56. The molecule has 1 aliphatic rings. The summed E-state index contributed by atoms with van der Waals surface area (Å²) in [6.45, 7) is 0.238. The van der Waals surface area contributed by atoms with Gasteiger partial charge in [-0.2, -0.15) is 0 Å². The van der Waals surface area contributed by atoms with Crippen molar-refractivity contribution >= 4 is 11.4 Å². The number of benzene rings is 1. The Morgan fingerprint density at radius 1 is 1.39 bits per heavy atom. The van der Waals surface area contributed by atoms with E-state index in [1.807, 2.05) is 18.2 Å². The lowest BCUT2D eigenvalue weighted by molar-refractivity contribution is 0.178. The molecule has 4 N–H and O–H groups in total. The molecule has 18 heavy (non-hydrogen) atoms. The van der Waals surface area contributed by atoms with Gasteiger partial charge in [-0.05, 0) is 25.0 Å². The second-order valence-corrected chi connectivity index (χ2v) is 4.90. The van der Waals surface area contributed by atoms with Gasteiger partial charge in [0.25, 0.3) is 0 Å². The number of aliphatic hydroxyl groups is 1. The Bertz CT molecular complexity index is 395. The molecule has 0 radical (unpaired) electrons. The zero-order chi connectivity index (χ0) is 13.0. The van der Waals surface area contributed by atoms with Crippen molar-refractivity contribution in [3.8, 4) is 5.75 Å². The predicted molar refractivity (Wildman–Crippen MR) is 73.9 cm³/mol. The van der Waals surface area contributed by atoms with Crippen LogP contribution in [0.25, 0.3) is 0 Å². The molecule has 2 rings (SSSR count). The van der Waals surface area contributed by atoms with Crippen LogP contribution in [0.15, 0.2) is 18.2 Å². The van der Waals surface area contributed by atoms with Crippen molar-refractivity contribution in [3.05, 3.63) is 18.2 Å². The lowest BCUT2D eigenvalue weighted by Crippen LogP contribution is -2.34. The Kier molecular flexibility index (Phi) is 4.31. The van der Waals surface area contributed by atoms with Crippen LogP contribution in [0, 0.1) is 5.92 Å². The monoisotopic (exact) mass is 250 g/mol. The molecule has 0 aliphatic heterocycles. The van der Waals surface area contributed by atoms with E-state index in [0.29, 0.717) is 23.4 Å². The number of rotatable bonds is 4. The van der Waals surface area contributed by atoms with Crippen LogP contribution in [0.5, 0.6) is 5.75 Å². The van der Waals surface area contributed by atoms with E-state index < -0.39 is 0 Å². The summed E-state index contributed by atoms with van der Waals surface area (Å²) in [6, 6.07) is 6.04. The highest BCUT2D eigenvalue weighted by molar-refractivity contribution is 5.73. The second-order valence-electron chi connectivity index (χ2n) is 4.90. The van der Waals surface area contributed by atoms with Gasteiger partial charge in [0.1, 0.15) is 5.75 Å². The third kappa shape index (κ3) is 2.70. The van der Waals surface area contributed by atoms with Crippen molar-refractivity contribution in [1.82, 2.24) is 0 Å². The van der Waals surface area contributed by atoms with Crippen LogP contribution in [0.3, 0.4) is 0 Å². The third-order valence-corrected chi connectivity index (χ3v) is 3.77. The molecule has 0 amide bonds. The van der Waals surface area contributed by atoms with Gasteiger partial charge in [-0.25, -0.2) is 0 Å². The number of para-hydroxylation sites is 1. The van der Waals surface area contributed by atoms with Crippen LogP contribution >= 0.6 is 0 Å². The summed E-state index contributed by atoms with van der Waals surface area (Å²) >= 11 is 0. The van der Waals surface area contributed by atoms with Crippen LogP contribution in [0.2, 0.25) is 0 Å². The van der Waals surface area contributed by atoms with E-state index in [-0.39, 0.29) is 6.61 Å². The Morgan fingerprint density at radius 3 is 2.89 bits per heavy atom. The van der Waals surface area contributed by atoms with Crippen molar-refractivity contribution in [2.24, 2.45) is 5.92 Å². The molecule has 1 saturated carbocycles. The van der Waals surface area contributed by atoms with Crippen molar-refractivity contribution in [2.45, 2.75) is 31.7 Å². The lowest BCUT2D eigenvalue weighted by Gasteiger charge is -2.32. The average Bonchev–Trinajstić information content (AvgIpc) is 2.42. The van der Waals surface area contributed by atoms with E-state index in [1.165, 1.54) is 12.8 Å². The zero-order valence-corrected chi connectivity index (χ0v) is 10.9. The minimum absolute atomic E-state index is 0.238. The van der Waals surface area contributed by atoms with Gasteiger partial charge >= 0.3 is 0 Å². The Labute approximate surface area is 108 Å². The summed E-state index contributed by atoms with van der Waals surface area (Å²) in [5.41, 5.74) is 7.59. The van der Waals surface area contributed by atoms with Crippen molar-refractivity contribution in [1.29, 1.82) is 0 Å². The number of nitrogen functional groups attached to an aromatic ring is 1. The molecular formula is C14H22N2O2. The molecule has 0 bridgehead atoms. The number of nitrogens with two attached hydrogens (primary N) is 1. The number of anilines is 2. The first-order valence-corrected chi connectivity index (χ1v) is 6.56. The highest BCUT2D eigenvalue weighted by Crippen LogP contribution is 2.33. The van der Waals surface area contributed by atoms with Gasteiger partial charge < -0.3 is 20.9 Å². The quantitative estimate of drug-likeness (QED) is 0.717. The van der Waals surface area contributed by atoms with Gasteiger partial charge in [0.2, 0.25) is 0 Å². The van der Waals surface area contributed by atoms with Gasteiger partial charge in [0.15, 0.2) is 0 Å². The fraction of sp³-hybridized carbons (Fsp3) is 0.571. The topological polar surface area (TPSA) is 67.5 Å². The number of ether oxygens (including phenoxy) is 1. The minimum Gasteiger partial charge on any atom is -0.495 e. The molecule has 4 heteroatoms. The normalized spacial score (nSPS) is 23.7. The maximum atomic E-state index is 9.41. The van der Waals surface area contributed by atoms with Crippen LogP contribution in [-0.4, -0.2) is 24.9 Å². The van der Waals surface area contributed by atoms with Gasteiger partial charge in [-0.3, -0.25) is 0 Å². The van der Waals surface area contributed by atoms with Gasteiger partial charge in [-0.15, -0.1) is 0 Å². The molecule has 1 aliphatic carbocycles. The Hall–Kier alpha value is -1.42. The lowest BCUT2D eigenvalue weighted by atomic mass is 9.85. The van der Waals surface area contributed by atoms with E-state index in [9.17, 15) is 5.11 Å². The Balaban J connectivity index is 2.12. The summed E-state index contributed by atoms with van der Waals surface area (Å²) in [6.07, 6.45) is 4.58. The van der Waals surface area contributed by atoms with Gasteiger partial charge in [-0.1, -0.05) is 18.9 Å². The van der Waals surface area contributed by atoms with Crippen molar-refractivity contribution < 1.29 is 9.84 Å². The number of hydrogen-bond donors (Lipinski definition) is 3. The molecule has 0 spiro atoms. The highest BCUT2D eigenvalue weighted by Gasteiger charge is 2.24. The Morgan fingerprint density at radius 2 is 2.17 bits per heavy atom. The maximum absolute atomic E-state index is 9.41. The first-order chi connectivity index (χ1) is 8.76. The molecule has 0 aromatic heterocycles. The van der Waals surface area contributed by atoms with Crippen LogP contribution in [0.4, 0.5) is 11.4 Å². The fourth-order valence-electron chi connectivity index (χ4n) is 2.66. The molecular weight excluding hydrogens is 228 g/mol. The summed E-state index contributed by atoms with van der Waals surface area (Å²) in [5.74, 6) is 1.01. The van der Waals surface area contributed by atoms with E-state index >= 15 is 0 Å². The van der Waals surface area contributed by atoms with Crippen LogP contribution < -0.4 is 15.8 Å². The van der Waals surface area contributed by atoms with Crippen LogP contribution in [-0.2, 0) is 0 Å². The molecule has 2 atom stereocenters. The molecule has 1 aromatic rings. The first kappa shape index (κ1) is 13.0. The van der Waals surface area contributed by atoms with E-state index in [1.54, 1.807) is 7.11 Å². The SMILES string of the molecule is COc1cccc(NC2CCCCC2CO)c1N. The summed E-state index contributed by atoms with van der Waals surface area (Å²) in [7, 11) is 1.62. The smallest absolute Gasteiger partial charge is 0.143 e. The highest BCUT2D eigenvalue weighted by atomic mass is 16.5. The molecule has 4 nitrogen and oxygen atoms in total. The molecule has 0 heterocycles. The molecule has 100 valence electrons. The van der Waals surface area contributed by atoms with Crippen LogP contribution in [0.1, 0.15) is 25.7 Å². The minimum atomic E-state index is 0.238. The van der Waals surface area contributed by atoms with Gasteiger partial charge in [0.05, 0.1) is 18.5 Å².